The Hall–Kier alpha value is -1.31. The van der Waals surface area contributed by atoms with Gasteiger partial charge in [0, 0.05) is 0 Å². The number of hydrogen-bond donors (Lipinski definition) is 0. The molecule has 2 N–H and O–H groups in total. The average Bonchev–Trinajstić information content (AvgIpc) is 1.95. The van der Waals surface area contributed by atoms with Crippen molar-refractivity contribution in [1.82, 2.24) is 0 Å². The van der Waals surface area contributed by atoms with Gasteiger partial charge in [0.25, 0.3) is 0 Å². The van der Waals surface area contributed by atoms with Crippen LogP contribution < -0.4 is 5.46 Å². The van der Waals surface area contributed by atoms with E-state index in [9.17, 15) is 0 Å². The Labute approximate surface area is 72.7 Å². The first-order chi connectivity index (χ1) is 4.83. The molecule has 4 heteroatoms. The van der Waals surface area contributed by atoms with Crippen LogP contribution in [0.25, 0.3) is 0 Å². The standard InChI is InChI=1S/C8H6BN.2H2O/c9-8-3-1-7(2-4-8)5-6-10;;/h1-4H,5H2;2*1H2/q+2;;/p-2. The topological polar surface area (TPSA) is 83.8 Å². The minimum absolute atomic E-state index is 0. The number of nitrogens with zero attached hydrogens (tertiary/aromatic N) is 1. The first-order valence-corrected chi connectivity index (χ1v) is 3.04. The van der Waals surface area contributed by atoms with Crippen LogP contribution in [0.4, 0.5) is 0 Å². The van der Waals surface area contributed by atoms with Crippen LogP contribution in [-0.2, 0) is 6.42 Å². The van der Waals surface area contributed by atoms with Crippen LogP contribution in [-0.4, -0.2) is 18.8 Å². The Balaban J connectivity index is 0. The van der Waals surface area contributed by atoms with Crippen molar-refractivity contribution in [2.75, 3.05) is 0 Å². The van der Waals surface area contributed by atoms with E-state index in [0.717, 1.165) is 11.0 Å². The predicted octanol–water partition coefficient (Wildman–Crippen LogP) is 0.193. The SMILES string of the molecule is [B+2]c1ccc(CC#N)cc1.[OH-].[OH-]. The molecule has 0 bridgehead atoms. The molecule has 0 aliphatic carbocycles. The Morgan fingerprint density at radius 3 is 2.08 bits per heavy atom. The molecular formula is C8H8BNO2. The molecule has 1 aromatic carbocycles. The molecule has 0 saturated heterocycles. The monoisotopic (exact) mass is 161 g/mol. The molecule has 0 aliphatic heterocycles. The van der Waals surface area contributed by atoms with Gasteiger partial charge in [0.15, 0.2) is 0 Å². The van der Waals surface area contributed by atoms with E-state index >= 15 is 0 Å². The molecule has 0 heterocycles. The second-order valence-electron chi connectivity index (χ2n) is 2.08. The zero-order chi connectivity index (χ0) is 7.40. The van der Waals surface area contributed by atoms with E-state index in [0.29, 0.717) is 6.42 Å². The molecule has 1 aromatic rings. The summed E-state index contributed by atoms with van der Waals surface area (Å²) in [7, 11) is 5.44. The van der Waals surface area contributed by atoms with Gasteiger partial charge in [-0.1, -0.05) is 0 Å². The molecule has 3 nitrogen and oxygen atoms in total. The predicted molar refractivity (Wildman–Crippen MR) is 45.0 cm³/mol. The molecule has 12 heavy (non-hydrogen) atoms. The van der Waals surface area contributed by atoms with Crippen LogP contribution in [0.5, 0.6) is 0 Å². The molecule has 0 unspecified atom stereocenters. The first kappa shape index (κ1) is 13.3. The third-order valence-electron chi connectivity index (χ3n) is 1.26. The van der Waals surface area contributed by atoms with Gasteiger partial charge in [-0.3, -0.25) is 0 Å². The van der Waals surface area contributed by atoms with Crippen molar-refractivity contribution in [2.24, 2.45) is 0 Å². The van der Waals surface area contributed by atoms with Crippen molar-refractivity contribution in [1.29, 1.82) is 5.26 Å². The summed E-state index contributed by atoms with van der Waals surface area (Å²) in [5.74, 6) is 0. The summed E-state index contributed by atoms with van der Waals surface area (Å²) in [6, 6.07) is 9.38. The average molecular weight is 161 g/mol. The number of nitriles is 1. The maximum Gasteiger partial charge on any atom is -0.870 e. The van der Waals surface area contributed by atoms with Crippen LogP contribution in [0.1, 0.15) is 5.56 Å². The fourth-order valence-electron chi connectivity index (χ4n) is 0.727. The van der Waals surface area contributed by atoms with Crippen LogP contribution in [0, 0.1) is 11.3 Å². The minimum Gasteiger partial charge on any atom is -0.870 e. The van der Waals surface area contributed by atoms with Crippen molar-refractivity contribution >= 4 is 13.3 Å². The maximum atomic E-state index is 8.31. The Morgan fingerprint density at radius 2 is 1.67 bits per heavy atom. The van der Waals surface area contributed by atoms with Gasteiger partial charge in [-0.15, -0.1) is 0 Å². The summed E-state index contributed by atoms with van der Waals surface area (Å²) < 4.78 is 0. The van der Waals surface area contributed by atoms with Gasteiger partial charge in [-0.25, -0.2) is 0 Å². The van der Waals surface area contributed by atoms with Crippen molar-refractivity contribution in [3.05, 3.63) is 29.8 Å². The minimum atomic E-state index is 0. The van der Waals surface area contributed by atoms with Crippen LogP contribution >= 0.6 is 0 Å². The van der Waals surface area contributed by atoms with Crippen LogP contribution in [0.2, 0.25) is 0 Å². The zero-order valence-corrected chi connectivity index (χ0v) is 6.44. The van der Waals surface area contributed by atoms with Gasteiger partial charge in [-0.05, 0) is 0 Å². The Kier molecular flexibility index (Phi) is 7.10. The van der Waals surface area contributed by atoms with E-state index < -0.39 is 0 Å². The Morgan fingerprint density at radius 1 is 1.17 bits per heavy atom. The normalized spacial score (nSPS) is 7.42. The quantitative estimate of drug-likeness (QED) is 0.551. The summed E-state index contributed by atoms with van der Waals surface area (Å²) >= 11 is 0. The third-order valence-corrected chi connectivity index (χ3v) is 1.26. The van der Waals surface area contributed by atoms with Gasteiger partial charge in [-0.2, -0.15) is 0 Å². The summed E-state index contributed by atoms with van der Waals surface area (Å²) in [6.07, 6.45) is 0.459. The number of hydrogen-bond acceptors (Lipinski definition) is 3. The van der Waals surface area contributed by atoms with Crippen molar-refractivity contribution < 1.29 is 11.0 Å². The second kappa shape index (κ2) is 6.41. The van der Waals surface area contributed by atoms with E-state index in [2.05, 4.69) is 6.07 Å². The molecule has 0 aromatic heterocycles. The van der Waals surface area contributed by atoms with E-state index in [4.69, 9.17) is 13.1 Å². The molecule has 0 amide bonds. The van der Waals surface area contributed by atoms with Crippen molar-refractivity contribution in [2.45, 2.75) is 6.42 Å². The first-order valence-electron chi connectivity index (χ1n) is 3.04. The fourth-order valence-corrected chi connectivity index (χ4v) is 0.727. The molecule has 60 valence electrons. The molecular weight excluding hydrogens is 153 g/mol. The summed E-state index contributed by atoms with van der Waals surface area (Å²) in [5, 5.41) is 8.31. The van der Waals surface area contributed by atoms with Crippen LogP contribution in [0.3, 0.4) is 0 Å². The summed E-state index contributed by atoms with van der Waals surface area (Å²) in [5.41, 5.74) is 1.75. The van der Waals surface area contributed by atoms with E-state index in [1.165, 1.54) is 0 Å². The fraction of sp³-hybridized carbons (Fsp3) is 0.125. The van der Waals surface area contributed by atoms with E-state index in [1.54, 1.807) is 12.1 Å². The molecule has 0 radical (unpaired) electrons. The summed E-state index contributed by atoms with van der Waals surface area (Å²) in [6.45, 7) is 0. The summed E-state index contributed by atoms with van der Waals surface area (Å²) in [4.78, 5) is 0. The van der Waals surface area contributed by atoms with Gasteiger partial charge < -0.3 is 11.0 Å². The smallest absolute Gasteiger partial charge is 0.870 e. The van der Waals surface area contributed by atoms with Gasteiger partial charge in [0.05, 0.1) is 0 Å². The molecule has 0 aliphatic rings. The Bertz CT molecular complexity index is 253. The van der Waals surface area contributed by atoms with E-state index in [1.807, 2.05) is 12.1 Å². The molecule has 0 fully saturated rings. The van der Waals surface area contributed by atoms with Crippen LogP contribution in [0.15, 0.2) is 24.3 Å². The number of rotatable bonds is 1. The van der Waals surface area contributed by atoms with Gasteiger partial charge in [0.2, 0.25) is 0 Å². The number of benzene rings is 1. The maximum absolute atomic E-state index is 8.31. The van der Waals surface area contributed by atoms with E-state index in [-0.39, 0.29) is 11.0 Å². The molecule has 0 saturated carbocycles. The second-order valence-corrected chi connectivity index (χ2v) is 2.08. The van der Waals surface area contributed by atoms with Gasteiger partial charge in [0.1, 0.15) is 0 Å². The van der Waals surface area contributed by atoms with Crippen molar-refractivity contribution in [3.8, 4) is 6.07 Å². The molecule has 0 spiro atoms. The zero-order valence-electron chi connectivity index (χ0n) is 6.44. The molecule has 0 atom stereocenters. The largest absolute Gasteiger partial charge is 0.870 e. The van der Waals surface area contributed by atoms with Crippen molar-refractivity contribution in [3.63, 3.8) is 0 Å². The third kappa shape index (κ3) is 3.76. The molecule has 1 rings (SSSR count). The van der Waals surface area contributed by atoms with Gasteiger partial charge >= 0.3 is 60.9 Å².